The van der Waals surface area contributed by atoms with Crippen molar-refractivity contribution in [3.8, 4) is 0 Å². The van der Waals surface area contributed by atoms with E-state index in [4.69, 9.17) is 0 Å². The number of carbonyl (C=O) groups is 3. The highest BCUT2D eigenvalue weighted by Gasteiger charge is 2.39. The Balaban J connectivity index is 0.977. The van der Waals surface area contributed by atoms with E-state index in [9.17, 15) is 23.9 Å². The van der Waals surface area contributed by atoms with Crippen molar-refractivity contribution in [1.82, 2.24) is 20.4 Å². The number of anilines is 3. The molecule has 2 aliphatic rings. The number of benzene rings is 5. The Bertz CT molecular complexity index is 2210. The summed E-state index contributed by atoms with van der Waals surface area (Å²) in [7, 11) is 0. The fourth-order valence-corrected chi connectivity index (χ4v) is 8.69. The van der Waals surface area contributed by atoms with E-state index in [-0.39, 0.29) is 29.6 Å². The summed E-state index contributed by atoms with van der Waals surface area (Å²) in [5.74, 6) is -0.783. The molecule has 1 unspecified atom stereocenters. The van der Waals surface area contributed by atoms with Crippen LogP contribution in [0.3, 0.4) is 0 Å². The number of likely N-dealkylation sites (tertiary alicyclic amines) is 2. The summed E-state index contributed by atoms with van der Waals surface area (Å²) >= 11 is 0. The number of aliphatic hydroxyl groups excluding tert-OH is 1. The summed E-state index contributed by atoms with van der Waals surface area (Å²) in [4.78, 5) is 46.8. The van der Waals surface area contributed by atoms with Gasteiger partial charge in [-0.1, -0.05) is 98.8 Å². The molecule has 2 aliphatic heterocycles. The van der Waals surface area contributed by atoms with E-state index in [1.807, 2.05) is 128 Å². The molecule has 0 aromatic heterocycles. The summed E-state index contributed by atoms with van der Waals surface area (Å²) in [6.45, 7) is 7.43. The van der Waals surface area contributed by atoms with Gasteiger partial charge in [0.1, 0.15) is 24.1 Å². The minimum Gasteiger partial charge on any atom is -0.376 e. The van der Waals surface area contributed by atoms with Crippen LogP contribution in [0.4, 0.5) is 21.5 Å². The topological polar surface area (TPSA) is 129 Å². The van der Waals surface area contributed by atoms with Crippen LogP contribution in [0.15, 0.2) is 133 Å². The van der Waals surface area contributed by atoms with E-state index >= 15 is 0 Å². The number of nitrogens with one attached hydrogen (secondary N) is 4. The minimum absolute atomic E-state index is 0.101. The maximum Gasteiger partial charge on any atom is 0.247 e. The third kappa shape index (κ3) is 10.9. The Kier molecular flexibility index (Phi) is 15.1. The number of nitrogens with zero attached hydrogens (tertiary/aromatic N) is 3. The van der Waals surface area contributed by atoms with Crippen molar-refractivity contribution in [3.63, 3.8) is 0 Å². The van der Waals surface area contributed by atoms with Gasteiger partial charge in [0, 0.05) is 43.2 Å². The lowest BCUT2D eigenvalue weighted by Gasteiger charge is -2.34. The molecule has 0 spiro atoms. The smallest absolute Gasteiger partial charge is 0.247 e. The molecule has 11 nitrogen and oxygen atoms in total. The van der Waals surface area contributed by atoms with Crippen molar-refractivity contribution in [2.75, 3.05) is 41.7 Å². The van der Waals surface area contributed by atoms with Crippen LogP contribution in [0.25, 0.3) is 0 Å². The molecule has 5 atom stereocenters. The highest BCUT2D eigenvalue weighted by Crippen LogP contribution is 2.29. The largest absolute Gasteiger partial charge is 0.376 e. The van der Waals surface area contributed by atoms with Crippen molar-refractivity contribution in [2.24, 2.45) is 0 Å². The van der Waals surface area contributed by atoms with E-state index in [2.05, 4.69) is 26.2 Å². The van der Waals surface area contributed by atoms with Crippen LogP contribution in [0.2, 0.25) is 0 Å². The van der Waals surface area contributed by atoms with Gasteiger partial charge in [-0.15, -0.1) is 0 Å². The molecule has 5 aromatic rings. The summed E-state index contributed by atoms with van der Waals surface area (Å²) in [6.07, 6.45) is 1.95. The average molecular weight is 840 g/mol. The van der Waals surface area contributed by atoms with Crippen molar-refractivity contribution >= 4 is 34.8 Å². The van der Waals surface area contributed by atoms with E-state index in [1.54, 1.807) is 17.0 Å². The third-order valence-corrected chi connectivity index (χ3v) is 11.8. The lowest BCUT2D eigenvalue weighted by Crippen LogP contribution is -2.50. The molecular formula is C50H58FN7O4. The molecule has 324 valence electrons. The minimum atomic E-state index is -0.868. The highest BCUT2D eigenvalue weighted by molar-refractivity contribution is 5.98. The highest BCUT2D eigenvalue weighted by atomic mass is 19.1. The zero-order chi connectivity index (χ0) is 43.4. The number of aliphatic hydroxyl groups is 1. The monoisotopic (exact) mass is 839 g/mol. The predicted molar refractivity (Wildman–Crippen MR) is 243 cm³/mol. The van der Waals surface area contributed by atoms with Crippen molar-refractivity contribution in [1.29, 1.82) is 0 Å². The molecule has 62 heavy (non-hydrogen) atoms. The maximum atomic E-state index is 14.0. The maximum absolute atomic E-state index is 14.0. The van der Waals surface area contributed by atoms with Crippen LogP contribution in [0.1, 0.15) is 73.9 Å². The second-order valence-corrected chi connectivity index (χ2v) is 16.1. The van der Waals surface area contributed by atoms with Crippen molar-refractivity contribution < 1.29 is 23.9 Å². The van der Waals surface area contributed by atoms with Gasteiger partial charge in [0.2, 0.25) is 17.7 Å². The van der Waals surface area contributed by atoms with Gasteiger partial charge in [0.05, 0.1) is 12.1 Å². The first-order chi connectivity index (χ1) is 30.2. The van der Waals surface area contributed by atoms with Crippen LogP contribution in [-0.4, -0.2) is 77.1 Å². The number of amides is 3. The number of carbonyl (C=O) groups excluding carboxylic acids is 3. The average Bonchev–Trinajstić information content (AvgIpc) is 4.01. The first-order valence-corrected chi connectivity index (χ1v) is 21.8. The lowest BCUT2D eigenvalue weighted by molar-refractivity contribution is -0.138. The molecule has 0 aliphatic carbocycles. The SMILES string of the molecule is CCN[C@H](c1ccccc1)C(O)N1CCC[C@H]1C(=O)Nc1ccc(CN(Cc2ccc(NC(=O)[C@@H]3CCCN3C(=O)[C@H](NCC)c3ccccc3)cc2)c2ccc(F)cc2)cc1. The Hall–Kier alpha value is -5.92. The number of hydrogen-bond acceptors (Lipinski definition) is 8. The molecule has 5 aromatic carbocycles. The third-order valence-electron chi connectivity index (χ3n) is 11.8. The Morgan fingerprint density at radius 3 is 1.74 bits per heavy atom. The number of hydrogen-bond donors (Lipinski definition) is 5. The quantitative estimate of drug-likeness (QED) is 0.0619. The zero-order valence-corrected chi connectivity index (χ0v) is 35.6. The first kappa shape index (κ1) is 44.1. The molecule has 5 N–H and O–H groups in total. The van der Waals surface area contributed by atoms with Crippen LogP contribution in [-0.2, 0) is 27.5 Å². The first-order valence-electron chi connectivity index (χ1n) is 21.8. The molecule has 2 fully saturated rings. The van der Waals surface area contributed by atoms with Crippen LogP contribution in [0.5, 0.6) is 0 Å². The van der Waals surface area contributed by atoms with Gasteiger partial charge < -0.3 is 36.2 Å². The van der Waals surface area contributed by atoms with Gasteiger partial charge in [-0.3, -0.25) is 19.3 Å². The summed E-state index contributed by atoms with van der Waals surface area (Å²) in [5.41, 5.74) is 5.96. The molecule has 3 amide bonds. The van der Waals surface area contributed by atoms with Crippen molar-refractivity contribution in [3.05, 3.63) is 162 Å². The molecular weight excluding hydrogens is 782 g/mol. The van der Waals surface area contributed by atoms with E-state index in [0.717, 1.165) is 40.8 Å². The number of rotatable bonds is 18. The second kappa shape index (κ2) is 21.2. The fraction of sp³-hybridized carbons (Fsp3) is 0.340. The normalized spacial score (nSPS) is 17.9. The van der Waals surface area contributed by atoms with Crippen LogP contribution in [0, 0.1) is 5.82 Å². The Morgan fingerprint density at radius 2 is 1.18 bits per heavy atom. The standard InChI is InChI=1S/C50H58FN7O4/c1-3-52-45(37-13-7-5-8-14-37)49(61)57-31-11-17-43(57)47(59)54-40-25-19-35(20-26-40)33-56(42-29-23-39(51)24-30-42)34-36-21-27-41(28-22-36)55-48(60)44-18-12-32-58(44)50(62)46(53-4-2)38-15-9-6-10-16-38/h5-10,13-16,19-30,43-46,49,52-53,61H,3-4,11-12,17-18,31-34H2,1-2H3,(H,54,59)(H,55,60)/t43-,44-,45+,46+,49?/m0/s1. The fourth-order valence-electron chi connectivity index (χ4n) is 8.69. The predicted octanol–water partition coefficient (Wildman–Crippen LogP) is 7.38. The zero-order valence-electron chi connectivity index (χ0n) is 35.6. The molecule has 2 heterocycles. The Labute approximate surface area is 364 Å². The van der Waals surface area contributed by atoms with Crippen LogP contribution < -0.4 is 26.2 Å². The molecule has 12 heteroatoms. The van der Waals surface area contributed by atoms with Gasteiger partial charge in [0.25, 0.3) is 0 Å². The molecule has 2 saturated heterocycles. The molecule has 0 radical (unpaired) electrons. The van der Waals surface area contributed by atoms with E-state index in [1.165, 1.54) is 12.1 Å². The van der Waals surface area contributed by atoms with Gasteiger partial charge >= 0.3 is 0 Å². The van der Waals surface area contributed by atoms with Crippen molar-refractivity contribution in [2.45, 2.75) is 83.0 Å². The molecule has 7 rings (SSSR count). The van der Waals surface area contributed by atoms with Crippen LogP contribution >= 0.6 is 0 Å². The van der Waals surface area contributed by atoms with Gasteiger partial charge in [0.15, 0.2) is 0 Å². The van der Waals surface area contributed by atoms with E-state index in [0.29, 0.717) is 63.5 Å². The summed E-state index contributed by atoms with van der Waals surface area (Å²) < 4.78 is 14.0. The summed E-state index contributed by atoms with van der Waals surface area (Å²) in [5, 5.41) is 24.3. The second-order valence-electron chi connectivity index (χ2n) is 16.1. The number of halogens is 1. The number of likely N-dealkylation sites (N-methyl/N-ethyl adjacent to an activating group) is 2. The van der Waals surface area contributed by atoms with E-state index < -0.39 is 24.4 Å². The molecule has 0 bridgehead atoms. The van der Waals surface area contributed by atoms with Gasteiger partial charge in [-0.05, 0) is 110 Å². The molecule has 0 saturated carbocycles. The lowest BCUT2D eigenvalue weighted by atomic mass is 10.0. The van der Waals surface area contributed by atoms with Gasteiger partial charge in [-0.2, -0.15) is 0 Å². The van der Waals surface area contributed by atoms with Gasteiger partial charge in [-0.25, -0.2) is 4.39 Å². The summed E-state index contributed by atoms with van der Waals surface area (Å²) in [6, 6.07) is 39.3. The Morgan fingerprint density at radius 1 is 0.661 bits per heavy atom.